The number of anilines is 1. The number of nitriles is 1. The summed E-state index contributed by atoms with van der Waals surface area (Å²) in [5.41, 5.74) is 1.34. The predicted molar refractivity (Wildman–Crippen MR) is 123 cm³/mol. The third-order valence-electron chi connectivity index (χ3n) is 3.08. The summed E-state index contributed by atoms with van der Waals surface area (Å²) in [4.78, 5) is 12.4. The minimum atomic E-state index is -0.469. The lowest BCUT2D eigenvalue weighted by atomic mass is 10.1. The minimum absolute atomic E-state index is 0.00821. The first-order valence-electron chi connectivity index (χ1n) is 7.18. The molecule has 130 valence electrons. The highest BCUT2D eigenvalue weighted by Crippen LogP contribution is 2.30. The van der Waals surface area contributed by atoms with Crippen LogP contribution >= 0.6 is 61.1 Å². The Kier molecular flexibility index (Phi) is 7.94. The summed E-state index contributed by atoms with van der Waals surface area (Å²) in [6.45, 7) is 0.180. The van der Waals surface area contributed by atoms with E-state index in [1.807, 2.05) is 24.3 Å². The van der Waals surface area contributed by atoms with Crippen LogP contribution in [0.1, 0.15) is 5.56 Å². The van der Waals surface area contributed by atoms with Crippen molar-refractivity contribution in [3.8, 4) is 24.2 Å². The number of carbonyl (C=O) groups is 1. The molecule has 2 aromatic rings. The van der Waals surface area contributed by atoms with Crippen molar-refractivity contribution in [3.63, 3.8) is 0 Å². The molecule has 7 heteroatoms. The van der Waals surface area contributed by atoms with Gasteiger partial charge in [0.05, 0.1) is 7.14 Å². The fourth-order valence-electron chi connectivity index (χ4n) is 1.99. The molecule has 26 heavy (non-hydrogen) atoms. The maximum absolute atomic E-state index is 12.4. The van der Waals surface area contributed by atoms with E-state index in [2.05, 4.69) is 72.3 Å². The van der Waals surface area contributed by atoms with E-state index in [4.69, 9.17) is 11.2 Å². The van der Waals surface area contributed by atoms with Gasteiger partial charge < -0.3 is 10.1 Å². The zero-order chi connectivity index (χ0) is 19.1. The monoisotopic (exact) mass is 632 g/mol. The van der Waals surface area contributed by atoms with Gasteiger partial charge in [0.1, 0.15) is 24.0 Å². The van der Waals surface area contributed by atoms with Crippen LogP contribution in [0, 0.1) is 30.8 Å². The second-order valence-electron chi connectivity index (χ2n) is 4.94. The van der Waals surface area contributed by atoms with E-state index >= 15 is 0 Å². The maximum Gasteiger partial charge on any atom is 0.266 e. The second kappa shape index (κ2) is 9.95. The molecule has 2 aromatic carbocycles. The molecule has 0 radical (unpaired) electrons. The molecule has 1 amide bonds. The average Bonchev–Trinajstić information content (AvgIpc) is 2.59. The van der Waals surface area contributed by atoms with Crippen LogP contribution in [0.3, 0.4) is 0 Å². The van der Waals surface area contributed by atoms with Crippen molar-refractivity contribution in [3.05, 3.63) is 59.1 Å². The van der Waals surface area contributed by atoms with Crippen molar-refractivity contribution >= 4 is 78.8 Å². The molecule has 0 bridgehead atoms. The summed E-state index contributed by atoms with van der Waals surface area (Å²) in [6, 6.07) is 12.8. The van der Waals surface area contributed by atoms with Gasteiger partial charge in [-0.15, -0.1) is 6.42 Å². The highest BCUT2D eigenvalue weighted by molar-refractivity contribution is 14.1. The van der Waals surface area contributed by atoms with Gasteiger partial charge in [0.15, 0.2) is 0 Å². The number of carbonyl (C=O) groups excluding carboxylic acids is 1. The first-order chi connectivity index (χ1) is 12.4. The molecule has 0 saturated heterocycles. The number of nitrogens with zero attached hydrogens (tertiary/aromatic N) is 1. The van der Waals surface area contributed by atoms with Gasteiger partial charge in [-0.2, -0.15) is 5.26 Å². The molecule has 0 spiro atoms. The van der Waals surface area contributed by atoms with Crippen molar-refractivity contribution in [1.82, 2.24) is 0 Å². The van der Waals surface area contributed by atoms with Crippen LogP contribution in [0.25, 0.3) is 6.08 Å². The quantitative estimate of drug-likeness (QED) is 0.213. The van der Waals surface area contributed by atoms with Gasteiger partial charge in [-0.1, -0.05) is 27.9 Å². The molecule has 2 rings (SSSR count). The van der Waals surface area contributed by atoms with E-state index in [9.17, 15) is 10.1 Å². The summed E-state index contributed by atoms with van der Waals surface area (Å²) in [5, 5.41) is 12.1. The second-order valence-corrected chi connectivity index (χ2v) is 8.18. The lowest BCUT2D eigenvalue weighted by Crippen LogP contribution is -2.13. The smallest absolute Gasteiger partial charge is 0.266 e. The Morgan fingerprint density at radius 1 is 1.31 bits per heavy atom. The van der Waals surface area contributed by atoms with Crippen LogP contribution in [0.15, 0.2) is 46.4 Å². The van der Waals surface area contributed by atoms with E-state index in [1.54, 1.807) is 24.3 Å². The highest BCUT2D eigenvalue weighted by atomic mass is 127. The van der Waals surface area contributed by atoms with Crippen molar-refractivity contribution < 1.29 is 9.53 Å². The first kappa shape index (κ1) is 20.7. The van der Waals surface area contributed by atoms with Gasteiger partial charge in [-0.3, -0.25) is 4.79 Å². The number of benzene rings is 2. The number of hydrogen-bond donors (Lipinski definition) is 1. The fraction of sp³-hybridized carbons (Fsp3) is 0.0526. The maximum atomic E-state index is 12.4. The number of amides is 1. The topological polar surface area (TPSA) is 62.1 Å². The zero-order valence-corrected chi connectivity index (χ0v) is 19.1. The molecular weight excluding hydrogens is 622 g/mol. The Labute approximate surface area is 187 Å². The van der Waals surface area contributed by atoms with Gasteiger partial charge in [-0.25, -0.2) is 0 Å². The third-order valence-corrected chi connectivity index (χ3v) is 5.17. The molecule has 0 unspecified atom stereocenters. The highest BCUT2D eigenvalue weighted by Gasteiger charge is 2.12. The van der Waals surface area contributed by atoms with Crippen LogP contribution in [0.5, 0.6) is 5.75 Å². The molecule has 0 heterocycles. The Balaban J connectivity index is 2.27. The van der Waals surface area contributed by atoms with Crippen molar-refractivity contribution in [1.29, 1.82) is 5.26 Å². The van der Waals surface area contributed by atoms with Crippen molar-refractivity contribution in [2.75, 3.05) is 11.9 Å². The Bertz CT molecular complexity index is 936. The lowest BCUT2D eigenvalue weighted by molar-refractivity contribution is -0.112. The summed E-state index contributed by atoms with van der Waals surface area (Å²) < 4.78 is 8.05. The van der Waals surface area contributed by atoms with Crippen LogP contribution in [-0.4, -0.2) is 12.5 Å². The SMILES string of the molecule is C#CCOc1c(I)cc(/C=C(/C#N)C(=O)Nc2cccc(Br)c2)cc1I. The van der Waals surface area contributed by atoms with Gasteiger partial charge in [0.2, 0.25) is 0 Å². The Hall–Kier alpha value is -1.56. The molecule has 0 atom stereocenters. The molecule has 0 aromatic heterocycles. The van der Waals surface area contributed by atoms with E-state index < -0.39 is 5.91 Å². The van der Waals surface area contributed by atoms with Crippen LogP contribution in [-0.2, 0) is 4.79 Å². The summed E-state index contributed by atoms with van der Waals surface area (Å²) in [5.74, 6) is 2.65. The first-order valence-corrected chi connectivity index (χ1v) is 10.1. The van der Waals surface area contributed by atoms with E-state index in [1.165, 1.54) is 0 Å². The largest absolute Gasteiger partial charge is 0.479 e. The van der Waals surface area contributed by atoms with Crippen LogP contribution in [0.4, 0.5) is 5.69 Å². The Morgan fingerprint density at radius 2 is 2.00 bits per heavy atom. The number of rotatable bonds is 5. The van der Waals surface area contributed by atoms with E-state index in [0.29, 0.717) is 11.4 Å². The molecule has 0 aliphatic heterocycles. The fourth-order valence-corrected chi connectivity index (χ4v) is 4.52. The summed E-state index contributed by atoms with van der Waals surface area (Å²) in [7, 11) is 0. The number of terminal acetylenes is 1. The van der Waals surface area contributed by atoms with Gasteiger partial charge in [-0.05, 0) is 87.2 Å². The third kappa shape index (κ3) is 5.73. The average molecular weight is 633 g/mol. The lowest BCUT2D eigenvalue weighted by Gasteiger charge is -2.09. The normalized spacial score (nSPS) is 10.6. The van der Waals surface area contributed by atoms with Crippen LogP contribution < -0.4 is 10.1 Å². The number of nitrogens with one attached hydrogen (secondary N) is 1. The summed E-state index contributed by atoms with van der Waals surface area (Å²) in [6.07, 6.45) is 6.77. The summed E-state index contributed by atoms with van der Waals surface area (Å²) >= 11 is 7.61. The molecule has 1 N–H and O–H groups in total. The standard InChI is InChI=1S/C19H11BrI2N2O2/c1-2-6-26-18-16(21)8-12(9-17(18)22)7-13(11-23)19(25)24-15-5-3-4-14(20)10-15/h1,3-5,7-10H,6H2,(H,24,25)/b13-7-. The molecule has 0 saturated carbocycles. The number of ether oxygens (including phenoxy) is 1. The van der Waals surface area contributed by atoms with Crippen molar-refractivity contribution in [2.24, 2.45) is 0 Å². The van der Waals surface area contributed by atoms with Gasteiger partial charge >= 0.3 is 0 Å². The zero-order valence-electron chi connectivity index (χ0n) is 13.2. The minimum Gasteiger partial charge on any atom is -0.479 e. The van der Waals surface area contributed by atoms with Crippen LogP contribution in [0.2, 0.25) is 0 Å². The van der Waals surface area contributed by atoms with E-state index in [-0.39, 0.29) is 12.2 Å². The molecule has 0 aliphatic carbocycles. The molecule has 0 fully saturated rings. The number of halogens is 3. The van der Waals surface area contributed by atoms with E-state index in [0.717, 1.165) is 17.2 Å². The Morgan fingerprint density at radius 3 is 2.58 bits per heavy atom. The van der Waals surface area contributed by atoms with Gasteiger partial charge in [0.25, 0.3) is 5.91 Å². The van der Waals surface area contributed by atoms with Crippen molar-refractivity contribution in [2.45, 2.75) is 0 Å². The molecule has 4 nitrogen and oxygen atoms in total. The van der Waals surface area contributed by atoms with Gasteiger partial charge in [0, 0.05) is 10.2 Å². The molecular formula is C19H11BrI2N2O2. The number of hydrogen-bond acceptors (Lipinski definition) is 3. The predicted octanol–water partition coefficient (Wildman–Crippen LogP) is 5.22. The molecule has 0 aliphatic rings.